The first-order valence-corrected chi connectivity index (χ1v) is 12.0. The number of anilines is 2. The van der Waals surface area contributed by atoms with Crippen LogP contribution in [0.2, 0.25) is 5.02 Å². The Kier molecular flexibility index (Phi) is 6.13. The number of rotatable bonds is 8. The first-order valence-electron chi connectivity index (χ1n) is 9.78. The molecule has 0 fully saturated rings. The molecule has 4 aromatic rings. The largest absolute Gasteiger partial charge is 0.383 e. The predicted octanol–water partition coefficient (Wildman–Crippen LogP) is 2.96. The second kappa shape index (κ2) is 8.85. The molecule has 12 heteroatoms. The smallest absolute Gasteiger partial charge is 0.252 e. The number of methoxy groups -OCH3 is 1. The lowest BCUT2D eigenvalue weighted by Gasteiger charge is -2.20. The third kappa shape index (κ3) is 4.45. The molecule has 3 heterocycles. The standard InChI is InChI=1S/C20H22ClN7O3S/c1-12(24-19-27-20(32(3,29)30)25-16-7-8-23-28(16)19)14-11-13-5-4-6-15(21)17(13)26-18(14)22-9-10-31-2/h4-8,11-12H,9-10H2,1-3H3,(H,22,26)(H,24,25,27). The van der Waals surface area contributed by atoms with E-state index in [1.807, 2.05) is 25.1 Å². The lowest BCUT2D eigenvalue weighted by molar-refractivity contribution is 0.210. The van der Waals surface area contributed by atoms with E-state index in [1.54, 1.807) is 19.2 Å². The zero-order valence-corrected chi connectivity index (χ0v) is 19.3. The van der Waals surface area contributed by atoms with Crippen LogP contribution < -0.4 is 10.6 Å². The summed E-state index contributed by atoms with van der Waals surface area (Å²) in [4.78, 5) is 13.0. The Morgan fingerprint density at radius 2 is 2.03 bits per heavy atom. The summed E-state index contributed by atoms with van der Waals surface area (Å²) in [5.41, 5.74) is 1.90. The van der Waals surface area contributed by atoms with Crippen LogP contribution in [0.4, 0.5) is 11.8 Å². The fourth-order valence-corrected chi connectivity index (χ4v) is 3.99. The Bertz CT molecular complexity index is 1390. The Morgan fingerprint density at radius 3 is 2.78 bits per heavy atom. The van der Waals surface area contributed by atoms with Gasteiger partial charge in [-0.05, 0) is 19.1 Å². The summed E-state index contributed by atoms with van der Waals surface area (Å²) in [6.45, 7) is 2.97. The molecule has 0 aliphatic rings. The topological polar surface area (TPSA) is 123 Å². The van der Waals surface area contributed by atoms with Gasteiger partial charge in [0, 0.05) is 36.9 Å². The first kappa shape index (κ1) is 22.2. The van der Waals surface area contributed by atoms with Crippen molar-refractivity contribution in [3.05, 3.63) is 47.1 Å². The number of benzene rings is 1. The molecule has 1 aromatic carbocycles. The average molecular weight is 476 g/mol. The summed E-state index contributed by atoms with van der Waals surface area (Å²) >= 11 is 6.35. The number of sulfone groups is 1. The number of para-hydroxylation sites is 1. The van der Waals surface area contributed by atoms with Gasteiger partial charge in [0.15, 0.2) is 5.65 Å². The minimum atomic E-state index is -3.61. The maximum absolute atomic E-state index is 12.1. The first-order chi connectivity index (χ1) is 15.3. The van der Waals surface area contributed by atoms with E-state index < -0.39 is 9.84 Å². The summed E-state index contributed by atoms with van der Waals surface area (Å²) in [6, 6.07) is 8.87. The van der Waals surface area contributed by atoms with E-state index in [1.165, 1.54) is 10.7 Å². The molecule has 0 spiro atoms. The molecule has 1 atom stereocenters. The maximum Gasteiger partial charge on any atom is 0.252 e. The molecular formula is C20H22ClN7O3S. The van der Waals surface area contributed by atoms with Crippen molar-refractivity contribution in [3.8, 4) is 0 Å². The molecule has 32 heavy (non-hydrogen) atoms. The summed E-state index contributed by atoms with van der Waals surface area (Å²) in [6.07, 6.45) is 2.60. The zero-order valence-electron chi connectivity index (χ0n) is 17.7. The van der Waals surface area contributed by atoms with Crippen LogP contribution in [0.25, 0.3) is 16.6 Å². The van der Waals surface area contributed by atoms with Gasteiger partial charge in [-0.2, -0.15) is 19.6 Å². The number of hydrogen-bond donors (Lipinski definition) is 2. The van der Waals surface area contributed by atoms with Crippen LogP contribution in [0.15, 0.2) is 41.7 Å². The number of nitrogens with zero attached hydrogens (tertiary/aromatic N) is 5. The zero-order chi connectivity index (χ0) is 22.9. The second-order valence-electron chi connectivity index (χ2n) is 7.23. The van der Waals surface area contributed by atoms with Crippen molar-refractivity contribution in [2.24, 2.45) is 0 Å². The number of aromatic nitrogens is 5. The van der Waals surface area contributed by atoms with Gasteiger partial charge in [-0.25, -0.2) is 13.4 Å². The molecule has 0 amide bonds. The Balaban J connectivity index is 1.77. The normalized spacial score (nSPS) is 12.9. The van der Waals surface area contributed by atoms with Crippen LogP contribution in [0.1, 0.15) is 18.5 Å². The Labute approximate surface area is 189 Å². The van der Waals surface area contributed by atoms with Crippen LogP contribution in [0.5, 0.6) is 0 Å². The van der Waals surface area contributed by atoms with Crippen molar-refractivity contribution in [3.63, 3.8) is 0 Å². The lowest BCUT2D eigenvalue weighted by atomic mass is 10.1. The maximum atomic E-state index is 12.1. The fourth-order valence-electron chi connectivity index (χ4n) is 3.26. The second-order valence-corrected chi connectivity index (χ2v) is 9.54. The quantitative estimate of drug-likeness (QED) is 0.370. The summed E-state index contributed by atoms with van der Waals surface area (Å²) in [5.74, 6) is 0.888. The summed E-state index contributed by atoms with van der Waals surface area (Å²) < 4.78 is 30.7. The molecular weight excluding hydrogens is 454 g/mol. The summed E-state index contributed by atoms with van der Waals surface area (Å²) in [7, 11) is -1.98. The number of hydrogen-bond acceptors (Lipinski definition) is 9. The van der Waals surface area contributed by atoms with Gasteiger partial charge in [0.05, 0.1) is 29.4 Å². The van der Waals surface area contributed by atoms with Crippen molar-refractivity contribution in [2.45, 2.75) is 18.1 Å². The molecule has 0 saturated carbocycles. The highest BCUT2D eigenvalue weighted by Gasteiger charge is 2.20. The van der Waals surface area contributed by atoms with Crippen molar-refractivity contribution < 1.29 is 13.2 Å². The number of ether oxygens (including phenoxy) is 1. The van der Waals surface area contributed by atoms with Crippen molar-refractivity contribution in [1.29, 1.82) is 0 Å². The number of nitrogens with one attached hydrogen (secondary N) is 2. The highest BCUT2D eigenvalue weighted by Crippen LogP contribution is 2.31. The molecule has 0 saturated heterocycles. The van der Waals surface area contributed by atoms with Crippen molar-refractivity contribution >= 4 is 49.8 Å². The van der Waals surface area contributed by atoms with E-state index in [4.69, 9.17) is 21.3 Å². The van der Waals surface area contributed by atoms with E-state index in [0.717, 1.165) is 17.2 Å². The van der Waals surface area contributed by atoms with Gasteiger partial charge in [0.1, 0.15) is 5.82 Å². The molecule has 0 radical (unpaired) electrons. The SMILES string of the molecule is COCCNc1nc2c(Cl)cccc2cc1C(C)Nc1nc(S(C)(=O)=O)nc2ccnn12. The van der Waals surface area contributed by atoms with E-state index in [-0.39, 0.29) is 17.1 Å². The number of halogens is 1. The predicted molar refractivity (Wildman–Crippen MR) is 123 cm³/mol. The van der Waals surface area contributed by atoms with E-state index in [0.29, 0.717) is 35.2 Å². The van der Waals surface area contributed by atoms with Gasteiger partial charge in [-0.1, -0.05) is 23.7 Å². The number of pyridine rings is 1. The van der Waals surface area contributed by atoms with E-state index in [2.05, 4.69) is 25.7 Å². The highest BCUT2D eigenvalue weighted by atomic mass is 35.5. The van der Waals surface area contributed by atoms with Gasteiger partial charge in [0.25, 0.3) is 5.16 Å². The van der Waals surface area contributed by atoms with Crippen LogP contribution in [0, 0.1) is 0 Å². The molecule has 0 bridgehead atoms. The van der Waals surface area contributed by atoms with Gasteiger partial charge in [0.2, 0.25) is 15.8 Å². The molecule has 0 aliphatic carbocycles. The number of fused-ring (bicyclic) bond motifs is 2. The molecule has 3 aromatic heterocycles. The summed E-state index contributed by atoms with van der Waals surface area (Å²) in [5, 5.41) is 11.9. The van der Waals surface area contributed by atoms with Gasteiger partial charge in [-0.3, -0.25) is 0 Å². The monoisotopic (exact) mass is 475 g/mol. The molecule has 4 rings (SSSR count). The minimum Gasteiger partial charge on any atom is -0.383 e. The molecule has 1 unspecified atom stereocenters. The van der Waals surface area contributed by atoms with Gasteiger partial charge < -0.3 is 15.4 Å². The van der Waals surface area contributed by atoms with Gasteiger partial charge in [-0.15, -0.1) is 0 Å². The lowest BCUT2D eigenvalue weighted by Crippen LogP contribution is -2.18. The Morgan fingerprint density at radius 1 is 1.22 bits per heavy atom. The van der Waals surface area contributed by atoms with E-state index >= 15 is 0 Å². The molecule has 10 nitrogen and oxygen atoms in total. The molecule has 0 aliphatic heterocycles. The van der Waals surface area contributed by atoms with E-state index in [9.17, 15) is 8.42 Å². The van der Waals surface area contributed by atoms with Crippen LogP contribution in [0.3, 0.4) is 0 Å². The third-order valence-electron chi connectivity index (χ3n) is 4.80. The molecule has 168 valence electrons. The fraction of sp³-hybridized carbons (Fsp3) is 0.300. The van der Waals surface area contributed by atoms with Crippen LogP contribution >= 0.6 is 11.6 Å². The third-order valence-corrected chi connectivity index (χ3v) is 5.95. The highest BCUT2D eigenvalue weighted by molar-refractivity contribution is 7.90. The average Bonchev–Trinajstić information content (AvgIpc) is 3.22. The van der Waals surface area contributed by atoms with Crippen molar-refractivity contribution in [1.82, 2.24) is 24.6 Å². The van der Waals surface area contributed by atoms with Crippen LogP contribution in [-0.4, -0.2) is 59.5 Å². The van der Waals surface area contributed by atoms with Gasteiger partial charge >= 0.3 is 0 Å². The minimum absolute atomic E-state index is 0.252. The van der Waals surface area contributed by atoms with Crippen LogP contribution in [-0.2, 0) is 14.6 Å². The Hall–Kier alpha value is -3.02. The molecule has 2 N–H and O–H groups in total. The van der Waals surface area contributed by atoms with Crippen molar-refractivity contribution in [2.75, 3.05) is 37.2 Å².